The van der Waals surface area contributed by atoms with Crippen LogP contribution in [0, 0.1) is 5.92 Å². The van der Waals surface area contributed by atoms with Gasteiger partial charge in [0, 0.05) is 0 Å². The van der Waals surface area contributed by atoms with Crippen molar-refractivity contribution in [2.24, 2.45) is 5.92 Å². The lowest BCUT2D eigenvalue weighted by molar-refractivity contribution is 0.737. The van der Waals surface area contributed by atoms with Crippen LogP contribution in [0.1, 0.15) is 55.4 Å². The second kappa shape index (κ2) is 47.3. The van der Waals surface area contributed by atoms with Gasteiger partial charge in [0.15, 0.2) is 0 Å². The van der Waals surface area contributed by atoms with Crippen LogP contribution >= 0.6 is 9.24 Å². The van der Waals surface area contributed by atoms with Crippen molar-refractivity contribution in [2.45, 2.75) is 55.4 Å². The Morgan fingerprint density at radius 3 is 0.909 bits per heavy atom. The number of hydrogen-bond donors (Lipinski definition) is 0. The van der Waals surface area contributed by atoms with Crippen LogP contribution in [0.2, 0.25) is 0 Å². The van der Waals surface area contributed by atoms with Crippen molar-refractivity contribution in [1.29, 1.82) is 0 Å². The maximum Gasteiger partial charge on any atom is -0.0410 e. The molecule has 0 aromatic carbocycles. The molecule has 0 heterocycles. The zero-order chi connectivity index (χ0) is 10.3. The Labute approximate surface area is 77.4 Å². The first-order valence-corrected chi connectivity index (χ1v) is 5.66. The average molecular weight is 180 g/mol. The van der Waals surface area contributed by atoms with Crippen molar-refractivity contribution < 1.29 is 0 Å². The Bertz CT molecular complexity index is 16.1. The quantitative estimate of drug-likeness (QED) is 0.478. The van der Waals surface area contributed by atoms with E-state index in [9.17, 15) is 0 Å². The van der Waals surface area contributed by atoms with E-state index in [1.807, 2.05) is 27.7 Å². The summed E-state index contributed by atoms with van der Waals surface area (Å²) in [6.45, 7) is 16.6. The van der Waals surface area contributed by atoms with Gasteiger partial charge >= 0.3 is 0 Å². The van der Waals surface area contributed by atoms with Gasteiger partial charge < -0.3 is 0 Å². The molecule has 0 aromatic rings. The molecule has 0 rings (SSSR count). The molecule has 0 aliphatic carbocycles. The molecule has 0 bridgehead atoms. The van der Waals surface area contributed by atoms with Gasteiger partial charge in [-0.3, -0.25) is 0 Å². The van der Waals surface area contributed by atoms with Gasteiger partial charge in [0.25, 0.3) is 0 Å². The van der Waals surface area contributed by atoms with Crippen molar-refractivity contribution in [3.8, 4) is 0 Å². The molecule has 0 saturated carbocycles. The summed E-state index contributed by atoms with van der Waals surface area (Å²) in [5, 5.41) is 0. The highest BCUT2D eigenvalue weighted by Crippen LogP contribution is 1.81. The minimum atomic E-state index is 0.833. The van der Waals surface area contributed by atoms with Crippen LogP contribution in [-0.2, 0) is 0 Å². The molecule has 0 saturated heterocycles. The van der Waals surface area contributed by atoms with E-state index in [2.05, 4.69) is 36.9 Å². The topological polar surface area (TPSA) is 0 Å². The van der Waals surface area contributed by atoms with Gasteiger partial charge in [0.05, 0.1) is 0 Å². The van der Waals surface area contributed by atoms with E-state index in [1.165, 1.54) is 6.16 Å². The molecule has 1 unspecified atom stereocenters. The minimum absolute atomic E-state index is 0.833. The smallest absolute Gasteiger partial charge is 0.0410 e. The third-order valence-corrected chi connectivity index (χ3v) is 0. The largest absolute Gasteiger partial charge is 0.138 e. The van der Waals surface area contributed by atoms with E-state index in [0.717, 1.165) is 5.92 Å². The normalized spacial score (nSPS) is 6.00. The van der Waals surface area contributed by atoms with E-state index >= 15 is 0 Å². The van der Waals surface area contributed by atoms with Crippen molar-refractivity contribution in [3.63, 3.8) is 0 Å². The molecule has 0 aromatic heterocycles. The lowest BCUT2D eigenvalue weighted by atomic mass is 10.3. The predicted molar refractivity (Wildman–Crippen MR) is 63.5 cm³/mol. The summed E-state index contributed by atoms with van der Waals surface area (Å²) in [5.41, 5.74) is 0. The standard InChI is InChI=1S/C4H10.C2H7P.2C2H6/c1-4(2)3;1-2-3;2*1-2/h4H,1-3H3;2-3H2,1H3;2*1-2H3. The lowest BCUT2D eigenvalue weighted by Gasteiger charge is -1.79. The molecule has 1 atom stereocenters. The first-order valence-electron chi connectivity index (χ1n) is 4.85. The SMILES string of the molecule is CC.CC.CC(C)C.CCP. The number of hydrogen-bond acceptors (Lipinski definition) is 0. The first-order chi connectivity index (χ1) is 5.15. The van der Waals surface area contributed by atoms with Gasteiger partial charge in [-0.1, -0.05) is 55.4 Å². The van der Waals surface area contributed by atoms with Crippen LogP contribution < -0.4 is 0 Å². The maximum atomic E-state index is 2.58. The molecule has 0 aliphatic rings. The van der Waals surface area contributed by atoms with E-state index < -0.39 is 0 Å². The van der Waals surface area contributed by atoms with Crippen LogP contribution in [0.15, 0.2) is 0 Å². The predicted octanol–water partition coefficient (Wildman–Crippen LogP) is 4.60. The van der Waals surface area contributed by atoms with Gasteiger partial charge in [0.2, 0.25) is 0 Å². The third kappa shape index (κ3) is 4010. The van der Waals surface area contributed by atoms with E-state index in [4.69, 9.17) is 0 Å². The fraction of sp³-hybridized carbons (Fsp3) is 1.00. The Morgan fingerprint density at radius 2 is 0.909 bits per heavy atom. The highest BCUT2D eigenvalue weighted by atomic mass is 31.0. The van der Waals surface area contributed by atoms with Crippen molar-refractivity contribution >= 4 is 9.24 Å². The maximum absolute atomic E-state index is 2.58. The van der Waals surface area contributed by atoms with Crippen molar-refractivity contribution in [3.05, 3.63) is 0 Å². The van der Waals surface area contributed by atoms with Gasteiger partial charge in [-0.25, -0.2) is 0 Å². The second-order valence-corrected chi connectivity index (χ2v) is 2.96. The Morgan fingerprint density at radius 1 is 0.909 bits per heavy atom. The summed E-state index contributed by atoms with van der Waals surface area (Å²) >= 11 is 0. The zero-order valence-electron chi connectivity index (χ0n) is 9.86. The molecule has 0 amide bonds. The lowest BCUT2D eigenvalue weighted by Crippen LogP contribution is -1.66. The molecule has 0 radical (unpaired) electrons. The highest BCUT2D eigenvalue weighted by molar-refractivity contribution is 7.16. The summed E-state index contributed by atoms with van der Waals surface area (Å²) < 4.78 is 0. The number of rotatable bonds is 0. The summed E-state index contributed by atoms with van der Waals surface area (Å²) in [7, 11) is 2.58. The molecule has 0 N–H and O–H groups in total. The minimum Gasteiger partial charge on any atom is -0.138 e. The molecule has 1 heteroatoms. The first kappa shape index (κ1) is 22.5. The molecule has 0 spiro atoms. The summed E-state index contributed by atoms with van der Waals surface area (Å²) in [6, 6.07) is 0. The highest BCUT2D eigenvalue weighted by Gasteiger charge is 1.68. The summed E-state index contributed by atoms with van der Waals surface area (Å²) in [5.74, 6) is 0.833. The van der Waals surface area contributed by atoms with E-state index in [1.54, 1.807) is 0 Å². The van der Waals surface area contributed by atoms with Crippen LogP contribution in [0.4, 0.5) is 0 Å². The van der Waals surface area contributed by atoms with Crippen molar-refractivity contribution in [2.75, 3.05) is 6.16 Å². The molecule has 0 nitrogen and oxygen atoms in total. The van der Waals surface area contributed by atoms with Gasteiger partial charge in [-0.05, 0) is 12.1 Å². The molecular formula is C10H29P. The molecule has 0 fully saturated rings. The molecule has 0 aliphatic heterocycles. The van der Waals surface area contributed by atoms with Crippen molar-refractivity contribution in [1.82, 2.24) is 0 Å². The van der Waals surface area contributed by atoms with Gasteiger partial charge in [0.1, 0.15) is 0 Å². The Kier molecular flexibility index (Phi) is 96.8. The fourth-order valence-electron chi connectivity index (χ4n) is 0. The average Bonchev–Trinajstić information content (AvgIpc) is 1.96. The second-order valence-electron chi connectivity index (χ2n) is 2.14. The van der Waals surface area contributed by atoms with E-state index in [-0.39, 0.29) is 0 Å². The summed E-state index contributed by atoms with van der Waals surface area (Å²) in [6.07, 6.45) is 1.17. The fourth-order valence-corrected chi connectivity index (χ4v) is 0. The molecular weight excluding hydrogens is 151 g/mol. The Hall–Kier alpha value is 0.430. The van der Waals surface area contributed by atoms with E-state index in [0.29, 0.717) is 0 Å². The summed E-state index contributed by atoms with van der Waals surface area (Å²) in [4.78, 5) is 0. The van der Waals surface area contributed by atoms with Gasteiger partial charge in [-0.2, -0.15) is 0 Å². The van der Waals surface area contributed by atoms with Crippen LogP contribution in [0.5, 0.6) is 0 Å². The van der Waals surface area contributed by atoms with Crippen LogP contribution in [-0.4, -0.2) is 6.16 Å². The van der Waals surface area contributed by atoms with Gasteiger partial charge in [-0.15, -0.1) is 9.24 Å². The Balaban J connectivity index is -0.0000000315. The monoisotopic (exact) mass is 180 g/mol. The third-order valence-electron chi connectivity index (χ3n) is 0. The molecule has 74 valence electrons. The zero-order valence-corrected chi connectivity index (χ0v) is 11.0. The molecule has 11 heavy (non-hydrogen) atoms. The van der Waals surface area contributed by atoms with Crippen LogP contribution in [0.3, 0.4) is 0 Å². The van der Waals surface area contributed by atoms with Crippen LogP contribution in [0.25, 0.3) is 0 Å².